The van der Waals surface area contributed by atoms with Gasteiger partial charge < -0.3 is 10.9 Å². The molecular formula is C8H11FN4O3S. The van der Waals surface area contributed by atoms with E-state index in [2.05, 4.69) is 5.16 Å². The fourth-order valence-corrected chi connectivity index (χ4v) is 1.44. The van der Waals surface area contributed by atoms with Gasteiger partial charge in [-0.25, -0.2) is 9.53 Å². The largest absolute Gasteiger partial charge is 0.409 e. The molecule has 7 nitrogen and oxygen atoms in total. The minimum Gasteiger partial charge on any atom is -0.409 e. The number of nitrogens with one attached hydrogen (secondary N) is 1. The average molecular weight is 262 g/mol. The lowest BCUT2D eigenvalue weighted by atomic mass is 10.1. The smallest absolute Gasteiger partial charge is 0.274 e. The maximum Gasteiger partial charge on any atom is 0.274 e. The molecule has 1 aromatic rings. The fourth-order valence-electron chi connectivity index (χ4n) is 1.09. The van der Waals surface area contributed by atoms with Crippen LogP contribution in [0.1, 0.15) is 11.1 Å². The molecular weight excluding hydrogens is 251 g/mol. The highest BCUT2D eigenvalue weighted by molar-refractivity contribution is 7.87. The summed E-state index contributed by atoms with van der Waals surface area (Å²) in [6.07, 6.45) is 0. The highest BCUT2D eigenvalue weighted by atomic mass is 32.2. The van der Waals surface area contributed by atoms with Crippen molar-refractivity contribution < 1.29 is 18.0 Å². The molecule has 1 rings (SSSR count). The van der Waals surface area contributed by atoms with Crippen molar-refractivity contribution in [1.82, 2.24) is 4.72 Å². The Morgan fingerprint density at radius 2 is 2.18 bits per heavy atom. The van der Waals surface area contributed by atoms with E-state index >= 15 is 0 Å². The van der Waals surface area contributed by atoms with Gasteiger partial charge in [0.25, 0.3) is 10.2 Å². The first-order valence-corrected chi connectivity index (χ1v) is 5.92. The van der Waals surface area contributed by atoms with Crippen LogP contribution in [0.2, 0.25) is 0 Å². The monoisotopic (exact) mass is 262 g/mol. The van der Waals surface area contributed by atoms with Crippen LogP contribution in [0.5, 0.6) is 0 Å². The van der Waals surface area contributed by atoms with Crippen LogP contribution >= 0.6 is 0 Å². The molecule has 0 aliphatic rings. The molecule has 0 saturated heterocycles. The summed E-state index contributed by atoms with van der Waals surface area (Å²) >= 11 is 0. The molecule has 0 aromatic heterocycles. The zero-order valence-corrected chi connectivity index (χ0v) is 9.41. The van der Waals surface area contributed by atoms with Crippen molar-refractivity contribution in [1.29, 1.82) is 0 Å². The summed E-state index contributed by atoms with van der Waals surface area (Å²) < 4.78 is 36.6. The Balaban J connectivity index is 2.91. The van der Waals surface area contributed by atoms with Crippen molar-refractivity contribution in [3.05, 3.63) is 35.1 Å². The number of nitrogens with two attached hydrogens (primary N) is 2. The number of rotatable bonds is 4. The van der Waals surface area contributed by atoms with E-state index in [1.54, 1.807) is 0 Å². The Labute approximate surface area is 97.1 Å². The van der Waals surface area contributed by atoms with Crippen molar-refractivity contribution in [2.45, 2.75) is 6.54 Å². The van der Waals surface area contributed by atoms with E-state index in [1.807, 2.05) is 4.72 Å². The van der Waals surface area contributed by atoms with Crippen LogP contribution in [0.25, 0.3) is 0 Å². The predicted molar refractivity (Wildman–Crippen MR) is 58.9 cm³/mol. The summed E-state index contributed by atoms with van der Waals surface area (Å²) in [5.74, 6) is -0.930. The molecule has 0 aliphatic heterocycles. The molecule has 0 amide bonds. The van der Waals surface area contributed by atoms with Gasteiger partial charge in [-0.2, -0.15) is 13.1 Å². The lowest BCUT2D eigenvalue weighted by molar-refractivity contribution is 0.318. The predicted octanol–water partition coefficient (Wildman–Crippen LogP) is -0.787. The molecule has 0 bridgehead atoms. The number of amidine groups is 1. The van der Waals surface area contributed by atoms with E-state index < -0.39 is 16.0 Å². The summed E-state index contributed by atoms with van der Waals surface area (Å²) in [5, 5.41) is 15.8. The minimum atomic E-state index is -3.88. The van der Waals surface area contributed by atoms with Gasteiger partial charge in [-0.15, -0.1) is 0 Å². The van der Waals surface area contributed by atoms with Crippen molar-refractivity contribution in [2.24, 2.45) is 16.0 Å². The third-order valence-corrected chi connectivity index (χ3v) is 2.47. The topological polar surface area (TPSA) is 131 Å². The van der Waals surface area contributed by atoms with E-state index in [0.717, 1.165) is 6.07 Å². The number of oxime groups is 1. The molecule has 1 aromatic carbocycles. The molecule has 0 spiro atoms. The molecule has 94 valence electrons. The van der Waals surface area contributed by atoms with Crippen LogP contribution in [-0.4, -0.2) is 19.5 Å². The summed E-state index contributed by atoms with van der Waals surface area (Å²) in [7, 11) is -3.88. The third-order valence-electron chi connectivity index (χ3n) is 1.92. The third kappa shape index (κ3) is 3.98. The first-order chi connectivity index (χ1) is 7.83. The van der Waals surface area contributed by atoms with E-state index in [1.165, 1.54) is 12.1 Å². The zero-order valence-electron chi connectivity index (χ0n) is 8.59. The van der Waals surface area contributed by atoms with Crippen LogP contribution in [0.3, 0.4) is 0 Å². The first kappa shape index (κ1) is 13.4. The Morgan fingerprint density at radius 3 is 2.65 bits per heavy atom. The Kier molecular flexibility index (Phi) is 3.99. The summed E-state index contributed by atoms with van der Waals surface area (Å²) in [6.45, 7) is -0.277. The van der Waals surface area contributed by atoms with E-state index in [9.17, 15) is 12.8 Å². The summed E-state index contributed by atoms with van der Waals surface area (Å²) in [4.78, 5) is 0. The maximum atomic E-state index is 13.5. The van der Waals surface area contributed by atoms with Gasteiger partial charge >= 0.3 is 0 Å². The van der Waals surface area contributed by atoms with Crippen LogP contribution in [0, 0.1) is 5.82 Å². The van der Waals surface area contributed by atoms with Crippen molar-refractivity contribution in [3.8, 4) is 0 Å². The normalized spacial score (nSPS) is 12.7. The van der Waals surface area contributed by atoms with Crippen LogP contribution in [0.15, 0.2) is 23.4 Å². The zero-order chi connectivity index (χ0) is 13.1. The molecule has 9 heteroatoms. The molecule has 0 aliphatic carbocycles. The van der Waals surface area contributed by atoms with Crippen molar-refractivity contribution >= 4 is 16.0 Å². The molecule has 0 radical (unpaired) electrons. The second-order valence-electron chi connectivity index (χ2n) is 3.16. The maximum absolute atomic E-state index is 13.5. The Morgan fingerprint density at radius 1 is 1.53 bits per heavy atom. The molecule has 6 N–H and O–H groups in total. The van der Waals surface area contributed by atoms with E-state index in [4.69, 9.17) is 16.1 Å². The van der Waals surface area contributed by atoms with Gasteiger partial charge in [0.15, 0.2) is 5.84 Å². The van der Waals surface area contributed by atoms with Crippen LogP contribution in [-0.2, 0) is 16.8 Å². The minimum absolute atomic E-state index is 0.0912. The first-order valence-electron chi connectivity index (χ1n) is 4.37. The number of halogens is 1. The quantitative estimate of drug-likeness (QED) is 0.245. The molecule has 0 unspecified atom stereocenters. The van der Waals surface area contributed by atoms with Crippen LogP contribution < -0.4 is 15.6 Å². The summed E-state index contributed by atoms with van der Waals surface area (Å²) in [6, 6.07) is 3.72. The number of nitrogens with zero attached hydrogens (tertiary/aromatic N) is 1. The van der Waals surface area contributed by atoms with Gasteiger partial charge in [0.05, 0.1) is 0 Å². The van der Waals surface area contributed by atoms with Crippen LogP contribution in [0.4, 0.5) is 4.39 Å². The lowest BCUT2D eigenvalue weighted by Gasteiger charge is -2.05. The second kappa shape index (κ2) is 5.08. The van der Waals surface area contributed by atoms with Gasteiger partial charge in [-0.3, -0.25) is 0 Å². The highest BCUT2D eigenvalue weighted by Crippen LogP contribution is 2.10. The van der Waals surface area contributed by atoms with Gasteiger partial charge in [0, 0.05) is 17.7 Å². The second-order valence-corrected chi connectivity index (χ2v) is 4.54. The fraction of sp³-hybridized carbons (Fsp3) is 0.125. The number of hydrogen-bond acceptors (Lipinski definition) is 4. The van der Waals surface area contributed by atoms with Gasteiger partial charge in [0.1, 0.15) is 5.82 Å². The number of benzene rings is 1. The Hall–Kier alpha value is -1.71. The van der Waals surface area contributed by atoms with Crippen molar-refractivity contribution in [2.75, 3.05) is 0 Å². The van der Waals surface area contributed by atoms with Crippen molar-refractivity contribution in [3.63, 3.8) is 0 Å². The Bertz CT molecular complexity index is 544. The summed E-state index contributed by atoms with van der Waals surface area (Å²) in [5.41, 5.74) is 5.53. The van der Waals surface area contributed by atoms with Gasteiger partial charge in [-0.05, 0) is 6.07 Å². The average Bonchev–Trinajstić information content (AvgIpc) is 2.25. The molecule has 0 atom stereocenters. The molecule has 0 saturated carbocycles. The SMILES string of the molecule is N/C(=N/O)c1ccc(CNS(N)(=O)=O)c(F)c1. The van der Waals surface area contributed by atoms with E-state index in [0.29, 0.717) is 0 Å². The molecule has 0 heterocycles. The standard InChI is InChI=1S/C8H11FN4O3S/c9-7-3-5(8(10)13-14)1-2-6(7)4-12-17(11,15)16/h1-3,12,14H,4H2,(H2,10,13)(H2,11,15,16). The van der Waals surface area contributed by atoms with Gasteiger partial charge in [-0.1, -0.05) is 17.3 Å². The lowest BCUT2D eigenvalue weighted by Crippen LogP contribution is -2.30. The van der Waals surface area contributed by atoms with Gasteiger partial charge in [0.2, 0.25) is 0 Å². The molecule has 0 fully saturated rings. The van der Waals surface area contributed by atoms with E-state index in [-0.39, 0.29) is 23.5 Å². The highest BCUT2D eigenvalue weighted by Gasteiger charge is 2.08. The number of hydrogen-bond donors (Lipinski definition) is 4. The molecule has 17 heavy (non-hydrogen) atoms.